The Balaban J connectivity index is 2.54. The highest BCUT2D eigenvalue weighted by Gasteiger charge is 2.12. The molecule has 0 bridgehead atoms. The molecule has 0 spiro atoms. The van der Waals surface area contributed by atoms with Crippen LogP contribution in [0.3, 0.4) is 0 Å². The summed E-state index contributed by atoms with van der Waals surface area (Å²) in [6.45, 7) is 0. The zero-order valence-electron chi connectivity index (χ0n) is 10.6. The molecule has 1 aromatic carbocycles. The molecule has 2 rings (SSSR count). The predicted molar refractivity (Wildman–Crippen MR) is 70.6 cm³/mol. The van der Waals surface area contributed by atoms with Crippen LogP contribution >= 0.6 is 0 Å². The lowest BCUT2D eigenvalue weighted by molar-refractivity contribution is 0.0694. The number of methoxy groups -OCH3 is 1. The number of carboxylic acids is 1. The Kier molecular flexibility index (Phi) is 3.37. The fourth-order valence-electron chi connectivity index (χ4n) is 1.85. The first-order valence-corrected chi connectivity index (χ1v) is 5.62. The van der Waals surface area contributed by atoms with Gasteiger partial charge in [-0.25, -0.2) is 4.79 Å². The number of pyridine rings is 1. The summed E-state index contributed by atoms with van der Waals surface area (Å²) in [5.74, 6) is -0.502. The summed E-state index contributed by atoms with van der Waals surface area (Å²) in [6, 6.07) is 10.1. The van der Waals surface area contributed by atoms with Crippen LogP contribution in [0.1, 0.15) is 10.4 Å². The molecule has 0 radical (unpaired) electrons. The predicted octanol–water partition coefficient (Wildman–Crippen LogP) is 1.76. The van der Waals surface area contributed by atoms with Gasteiger partial charge in [0, 0.05) is 7.05 Å². The molecule has 5 nitrogen and oxygen atoms in total. The van der Waals surface area contributed by atoms with Crippen LogP contribution in [-0.2, 0) is 7.05 Å². The highest BCUT2D eigenvalue weighted by molar-refractivity contribution is 5.87. The van der Waals surface area contributed by atoms with Gasteiger partial charge in [-0.1, -0.05) is 0 Å². The Morgan fingerprint density at radius 1 is 1.16 bits per heavy atom. The van der Waals surface area contributed by atoms with Crippen LogP contribution in [-0.4, -0.2) is 22.8 Å². The van der Waals surface area contributed by atoms with Gasteiger partial charge in [0.1, 0.15) is 11.3 Å². The lowest BCUT2D eigenvalue weighted by atomic mass is 10.1. The van der Waals surface area contributed by atoms with E-state index in [1.165, 1.54) is 10.6 Å². The molecule has 1 N–H and O–H groups in total. The first kappa shape index (κ1) is 12.9. The number of carbonyl (C=O) groups is 1. The second-order valence-corrected chi connectivity index (χ2v) is 4.03. The second-order valence-electron chi connectivity index (χ2n) is 4.03. The zero-order valence-corrected chi connectivity index (χ0v) is 10.6. The SMILES string of the molecule is COc1ccc(-c2ccc(C(=O)O)c(=O)n2C)cc1. The number of carboxylic acid groups (broad SMARTS) is 1. The van der Waals surface area contributed by atoms with Gasteiger partial charge in [-0.3, -0.25) is 4.79 Å². The highest BCUT2D eigenvalue weighted by atomic mass is 16.5. The number of ether oxygens (including phenoxy) is 1. The summed E-state index contributed by atoms with van der Waals surface area (Å²) >= 11 is 0. The number of aromatic nitrogens is 1. The van der Waals surface area contributed by atoms with Crippen molar-refractivity contribution in [3.63, 3.8) is 0 Å². The van der Waals surface area contributed by atoms with Gasteiger partial charge in [-0.2, -0.15) is 0 Å². The molecular formula is C14H13NO4. The third kappa shape index (κ3) is 2.35. The molecule has 98 valence electrons. The van der Waals surface area contributed by atoms with Crippen LogP contribution < -0.4 is 10.3 Å². The van der Waals surface area contributed by atoms with Crippen LogP contribution in [0, 0.1) is 0 Å². The molecule has 0 unspecified atom stereocenters. The molecule has 19 heavy (non-hydrogen) atoms. The fraction of sp³-hybridized carbons (Fsp3) is 0.143. The molecule has 0 aliphatic heterocycles. The molecule has 0 saturated carbocycles. The average Bonchev–Trinajstić information content (AvgIpc) is 2.41. The largest absolute Gasteiger partial charge is 0.497 e. The summed E-state index contributed by atoms with van der Waals surface area (Å²) in [7, 11) is 3.13. The van der Waals surface area contributed by atoms with Gasteiger partial charge in [0.25, 0.3) is 5.56 Å². The zero-order chi connectivity index (χ0) is 14.0. The molecule has 5 heteroatoms. The summed E-state index contributed by atoms with van der Waals surface area (Å²) in [5, 5.41) is 8.89. The van der Waals surface area contributed by atoms with Gasteiger partial charge < -0.3 is 14.4 Å². The quantitative estimate of drug-likeness (QED) is 0.911. The maximum atomic E-state index is 11.9. The van der Waals surface area contributed by atoms with Gasteiger partial charge in [-0.15, -0.1) is 0 Å². The molecule has 2 aromatic rings. The van der Waals surface area contributed by atoms with Crippen molar-refractivity contribution in [1.29, 1.82) is 0 Å². The third-order valence-corrected chi connectivity index (χ3v) is 2.92. The molecule has 1 aromatic heterocycles. The lowest BCUT2D eigenvalue weighted by Gasteiger charge is -2.09. The lowest BCUT2D eigenvalue weighted by Crippen LogP contribution is -2.25. The summed E-state index contributed by atoms with van der Waals surface area (Å²) < 4.78 is 6.39. The van der Waals surface area contributed by atoms with Gasteiger partial charge in [0.05, 0.1) is 12.8 Å². The number of hydrogen-bond donors (Lipinski definition) is 1. The van der Waals surface area contributed by atoms with Crippen molar-refractivity contribution < 1.29 is 14.6 Å². The molecule has 0 fully saturated rings. The number of hydrogen-bond acceptors (Lipinski definition) is 3. The number of rotatable bonds is 3. The van der Waals surface area contributed by atoms with E-state index in [4.69, 9.17) is 9.84 Å². The van der Waals surface area contributed by atoms with Crippen molar-refractivity contribution in [2.24, 2.45) is 7.05 Å². The van der Waals surface area contributed by atoms with E-state index in [0.717, 1.165) is 11.3 Å². The Morgan fingerprint density at radius 2 is 1.79 bits per heavy atom. The summed E-state index contributed by atoms with van der Waals surface area (Å²) in [5.41, 5.74) is 0.704. The molecule has 0 amide bonds. The van der Waals surface area contributed by atoms with Gasteiger partial charge in [-0.05, 0) is 42.0 Å². The monoisotopic (exact) mass is 259 g/mol. The minimum atomic E-state index is -1.22. The smallest absolute Gasteiger partial charge is 0.341 e. The van der Waals surface area contributed by atoms with E-state index in [2.05, 4.69) is 0 Å². The normalized spacial score (nSPS) is 10.2. The fourth-order valence-corrected chi connectivity index (χ4v) is 1.85. The summed E-state index contributed by atoms with van der Waals surface area (Å²) in [6.07, 6.45) is 0. The minimum Gasteiger partial charge on any atom is -0.497 e. The van der Waals surface area contributed by atoms with Crippen molar-refractivity contribution in [2.45, 2.75) is 0 Å². The van der Waals surface area contributed by atoms with Crippen LogP contribution in [0.4, 0.5) is 0 Å². The topological polar surface area (TPSA) is 68.5 Å². The van der Waals surface area contributed by atoms with Crippen molar-refractivity contribution >= 4 is 5.97 Å². The van der Waals surface area contributed by atoms with E-state index in [9.17, 15) is 9.59 Å². The van der Waals surface area contributed by atoms with E-state index in [1.54, 1.807) is 32.4 Å². The maximum Gasteiger partial charge on any atom is 0.341 e. The number of benzene rings is 1. The minimum absolute atomic E-state index is 0.236. The van der Waals surface area contributed by atoms with E-state index >= 15 is 0 Å². The Labute approximate surface area is 109 Å². The van der Waals surface area contributed by atoms with Crippen molar-refractivity contribution in [3.8, 4) is 17.0 Å². The number of nitrogens with zero attached hydrogens (tertiary/aromatic N) is 1. The van der Waals surface area contributed by atoms with Crippen LogP contribution in [0.5, 0.6) is 5.75 Å². The van der Waals surface area contributed by atoms with Crippen molar-refractivity contribution in [3.05, 3.63) is 52.3 Å². The summed E-state index contributed by atoms with van der Waals surface area (Å²) in [4.78, 5) is 22.8. The Hall–Kier alpha value is -2.56. The van der Waals surface area contributed by atoms with E-state index in [-0.39, 0.29) is 5.56 Å². The second kappa shape index (κ2) is 4.97. The Bertz CT molecular complexity index is 671. The highest BCUT2D eigenvalue weighted by Crippen LogP contribution is 2.21. The van der Waals surface area contributed by atoms with Crippen LogP contribution in [0.2, 0.25) is 0 Å². The molecule has 0 saturated heterocycles. The molecule has 0 atom stereocenters. The Morgan fingerprint density at radius 3 is 2.32 bits per heavy atom. The van der Waals surface area contributed by atoms with Crippen molar-refractivity contribution in [1.82, 2.24) is 4.57 Å². The van der Waals surface area contributed by atoms with Gasteiger partial charge in [0.15, 0.2) is 0 Å². The number of aromatic carboxylic acids is 1. The molecule has 0 aliphatic carbocycles. The molecule has 0 aliphatic rings. The van der Waals surface area contributed by atoms with Crippen molar-refractivity contribution in [2.75, 3.05) is 7.11 Å². The van der Waals surface area contributed by atoms with E-state index in [0.29, 0.717) is 5.69 Å². The standard InChI is InChI=1S/C14H13NO4/c1-15-12(8-7-11(13(15)16)14(17)18)9-3-5-10(19-2)6-4-9/h3-8H,1-2H3,(H,17,18). The average molecular weight is 259 g/mol. The van der Waals surface area contributed by atoms with E-state index in [1.807, 2.05) is 12.1 Å². The van der Waals surface area contributed by atoms with E-state index < -0.39 is 11.5 Å². The first-order valence-electron chi connectivity index (χ1n) is 5.62. The maximum absolute atomic E-state index is 11.9. The molecular weight excluding hydrogens is 246 g/mol. The first-order chi connectivity index (χ1) is 9.04. The van der Waals surface area contributed by atoms with Gasteiger partial charge in [0.2, 0.25) is 0 Å². The van der Waals surface area contributed by atoms with Gasteiger partial charge >= 0.3 is 5.97 Å². The van der Waals surface area contributed by atoms with Crippen LogP contribution in [0.15, 0.2) is 41.2 Å². The molecule has 1 heterocycles. The third-order valence-electron chi connectivity index (χ3n) is 2.92. The van der Waals surface area contributed by atoms with Crippen LogP contribution in [0.25, 0.3) is 11.3 Å².